The molecule has 0 fully saturated rings. The average Bonchev–Trinajstić information content (AvgIpc) is 2.93. The van der Waals surface area contributed by atoms with Crippen LogP contribution in [0, 0.1) is 5.82 Å². The van der Waals surface area contributed by atoms with Crippen LogP contribution < -0.4 is 5.43 Å². The van der Waals surface area contributed by atoms with Gasteiger partial charge >= 0.3 is 0 Å². The number of hydrogen-bond acceptors (Lipinski definition) is 4. The van der Waals surface area contributed by atoms with E-state index in [2.05, 4.69) is 15.9 Å². The van der Waals surface area contributed by atoms with Crippen LogP contribution in [-0.2, 0) is 0 Å². The number of likely N-dealkylation sites (N-methyl/N-ethyl adjacent to an activating group) is 1. The minimum absolute atomic E-state index is 0.00756. The molecule has 0 saturated carbocycles. The van der Waals surface area contributed by atoms with Gasteiger partial charge in [0.25, 0.3) is 5.91 Å². The third-order valence-corrected chi connectivity index (χ3v) is 5.41. The maximum absolute atomic E-state index is 14.7. The average molecular weight is 445 g/mol. The Morgan fingerprint density at radius 2 is 1.93 bits per heavy atom. The number of carbonyl (C=O) groups excluding carboxylic acids is 1. The van der Waals surface area contributed by atoms with Crippen molar-refractivity contribution in [3.05, 3.63) is 79.9 Å². The molecule has 0 radical (unpaired) electrons. The summed E-state index contributed by atoms with van der Waals surface area (Å²) < 4.78 is 21.2. The highest BCUT2D eigenvalue weighted by atomic mass is 79.9. The van der Waals surface area contributed by atoms with E-state index in [1.807, 2.05) is 19.0 Å². The normalized spacial score (nSPS) is 16.2. The zero-order valence-electron chi connectivity index (χ0n) is 15.4. The third-order valence-electron chi connectivity index (χ3n) is 4.92. The molecule has 2 heterocycles. The summed E-state index contributed by atoms with van der Waals surface area (Å²) in [6.45, 7) is 0.915. The van der Waals surface area contributed by atoms with E-state index >= 15 is 0 Å². The molecule has 28 heavy (non-hydrogen) atoms. The predicted octanol–water partition coefficient (Wildman–Crippen LogP) is 3.80. The van der Waals surface area contributed by atoms with Crippen LogP contribution in [0.2, 0.25) is 0 Å². The van der Waals surface area contributed by atoms with Crippen molar-refractivity contribution in [2.45, 2.75) is 6.04 Å². The van der Waals surface area contributed by atoms with Crippen molar-refractivity contribution in [1.29, 1.82) is 0 Å². The SMILES string of the molecule is CN(C)CCN1C(=O)c2oc3ccc(Br)cc3c(=O)c2C1c1ccccc1F. The first-order chi connectivity index (χ1) is 13.4. The molecule has 5 nitrogen and oxygen atoms in total. The highest BCUT2D eigenvalue weighted by molar-refractivity contribution is 9.10. The van der Waals surface area contributed by atoms with Crippen molar-refractivity contribution in [3.8, 4) is 0 Å². The second-order valence-electron chi connectivity index (χ2n) is 7.04. The van der Waals surface area contributed by atoms with E-state index in [4.69, 9.17) is 4.42 Å². The standard InChI is InChI=1S/C21H18BrFN2O3/c1-24(2)9-10-25-18(13-5-3-4-6-15(13)23)17-19(26)14-11-12(22)7-8-16(14)28-20(17)21(25)27/h3-8,11,18H,9-10H2,1-2H3. The molecule has 0 N–H and O–H groups in total. The highest BCUT2D eigenvalue weighted by Crippen LogP contribution is 2.39. The first-order valence-electron chi connectivity index (χ1n) is 8.85. The van der Waals surface area contributed by atoms with Crippen LogP contribution in [0.4, 0.5) is 4.39 Å². The lowest BCUT2D eigenvalue weighted by Crippen LogP contribution is -2.35. The Balaban J connectivity index is 1.97. The fourth-order valence-electron chi connectivity index (χ4n) is 3.55. The lowest BCUT2D eigenvalue weighted by atomic mass is 9.98. The zero-order chi connectivity index (χ0) is 20.0. The van der Waals surface area contributed by atoms with Gasteiger partial charge in [-0.3, -0.25) is 9.59 Å². The monoisotopic (exact) mass is 444 g/mol. The van der Waals surface area contributed by atoms with E-state index in [1.54, 1.807) is 36.4 Å². The van der Waals surface area contributed by atoms with Crippen LogP contribution in [0.3, 0.4) is 0 Å². The smallest absolute Gasteiger partial charge is 0.290 e. The number of nitrogens with zero attached hydrogens (tertiary/aromatic N) is 2. The van der Waals surface area contributed by atoms with Crippen LogP contribution in [0.1, 0.15) is 27.7 Å². The number of rotatable bonds is 4. The van der Waals surface area contributed by atoms with E-state index in [9.17, 15) is 14.0 Å². The quantitative estimate of drug-likeness (QED) is 0.613. The van der Waals surface area contributed by atoms with Gasteiger partial charge in [0.05, 0.1) is 17.0 Å². The van der Waals surface area contributed by atoms with E-state index < -0.39 is 17.8 Å². The number of halogens is 2. The Hall–Kier alpha value is -2.51. The van der Waals surface area contributed by atoms with Crippen LogP contribution in [0.15, 0.2) is 56.1 Å². The Bertz CT molecular complexity index is 1140. The molecule has 1 aliphatic rings. The molecule has 2 aromatic carbocycles. The molecule has 4 rings (SSSR count). The molecule has 1 aliphatic heterocycles. The summed E-state index contributed by atoms with van der Waals surface area (Å²) in [7, 11) is 3.78. The predicted molar refractivity (Wildman–Crippen MR) is 108 cm³/mol. The van der Waals surface area contributed by atoms with Crippen LogP contribution in [0.25, 0.3) is 11.0 Å². The summed E-state index contributed by atoms with van der Waals surface area (Å²) in [6.07, 6.45) is 0. The molecule has 0 saturated heterocycles. The highest BCUT2D eigenvalue weighted by Gasteiger charge is 2.43. The number of amides is 1. The minimum Gasteiger partial charge on any atom is -0.450 e. The molecule has 7 heteroatoms. The molecule has 1 aromatic heterocycles. The molecule has 1 atom stereocenters. The van der Waals surface area contributed by atoms with Gasteiger partial charge in [0, 0.05) is 23.1 Å². The zero-order valence-corrected chi connectivity index (χ0v) is 17.0. The van der Waals surface area contributed by atoms with Crippen molar-refractivity contribution in [2.75, 3.05) is 27.2 Å². The molecule has 1 unspecified atom stereocenters. The van der Waals surface area contributed by atoms with Gasteiger partial charge in [-0.15, -0.1) is 0 Å². The van der Waals surface area contributed by atoms with E-state index in [1.165, 1.54) is 11.0 Å². The maximum Gasteiger partial charge on any atom is 0.290 e. The molecule has 144 valence electrons. The van der Waals surface area contributed by atoms with Gasteiger partial charge in [-0.05, 0) is 38.4 Å². The van der Waals surface area contributed by atoms with Gasteiger partial charge in [-0.25, -0.2) is 4.39 Å². The summed E-state index contributed by atoms with van der Waals surface area (Å²) in [5.74, 6) is -0.865. The van der Waals surface area contributed by atoms with Gasteiger partial charge in [-0.1, -0.05) is 34.1 Å². The van der Waals surface area contributed by atoms with E-state index in [-0.39, 0.29) is 22.3 Å². The Morgan fingerprint density at radius 1 is 1.18 bits per heavy atom. The Morgan fingerprint density at radius 3 is 2.64 bits per heavy atom. The summed E-state index contributed by atoms with van der Waals surface area (Å²) in [4.78, 5) is 29.9. The van der Waals surface area contributed by atoms with Crippen LogP contribution in [-0.4, -0.2) is 42.9 Å². The molecular weight excluding hydrogens is 427 g/mol. The van der Waals surface area contributed by atoms with E-state index in [0.29, 0.717) is 24.1 Å². The molecule has 0 spiro atoms. The molecule has 0 aliphatic carbocycles. The number of carbonyl (C=O) groups is 1. The lowest BCUT2D eigenvalue weighted by Gasteiger charge is -2.26. The largest absolute Gasteiger partial charge is 0.450 e. The fraction of sp³-hybridized carbons (Fsp3) is 0.238. The van der Waals surface area contributed by atoms with Gasteiger partial charge < -0.3 is 14.2 Å². The van der Waals surface area contributed by atoms with Crippen molar-refractivity contribution < 1.29 is 13.6 Å². The molecule has 3 aromatic rings. The van der Waals surface area contributed by atoms with E-state index in [0.717, 1.165) is 4.47 Å². The summed E-state index contributed by atoms with van der Waals surface area (Å²) in [6, 6.07) is 10.5. The molecular formula is C21H18BrFN2O3. The van der Waals surface area contributed by atoms with Crippen LogP contribution >= 0.6 is 15.9 Å². The Kier molecular flexibility index (Phi) is 4.81. The minimum atomic E-state index is -0.816. The molecule has 1 amide bonds. The number of fused-ring (bicyclic) bond motifs is 2. The number of benzene rings is 2. The second kappa shape index (κ2) is 7.14. The van der Waals surface area contributed by atoms with Crippen LogP contribution in [0.5, 0.6) is 0 Å². The summed E-state index contributed by atoms with van der Waals surface area (Å²) >= 11 is 3.36. The van der Waals surface area contributed by atoms with Gasteiger partial charge in [0.15, 0.2) is 5.43 Å². The maximum atomic E-state index is 14.7. The topological polar surface area (TPSA) is 53.8 Å². The number of hydrogen-bond donors (Lipinski definition) is 0. The molecule has 0 bridgehead atoms. The summed E-state index contributed by atoms with van der Waals surface area (Å²) in [5.41, 5.74) is 0.503. The third kappa shape index (κ3) is 3.04. The van der Waals surface area contributed by atoms with Crippen molar-refractivity contribution >= 4 is 32.8 Å². The van der Waals surface area contributed by atoms with Crippen molar-refractivity contribution in [3.63, 3.8) is 0 Å². The first kappa shape index (κ1) is 18.8. The summed E-state index contributed by atoms with van der Waals surface area (Å²) in [5, 5.41) is 0.358. The van der Waals surface area contributed by atoms with Crippen molar-refractivity contribution in [1.82, 2.24) is 9.80 Å². The first-order valence-corrected chi connectivity index (χ1v) is 9.64. The lowest BCUT2D eigenvalue weighted by molar-refractivity contribution is 0.0714. The Labute approximate surface area is 169 Å². The van der Waals surface area contributed by atoms with Gasteiger partial charge in [0.2, 0.25) is 5.76 Å². The van der Waals surface area contributed by atoms with Gasteiger partial charge in [0.1, 0.15) is 11.4 Å². The van der Waals surface area contributed by atoms with Gasteiger partial charge in [-0.2, -0.15) is 0 Å². The second-order valence-corrected chi connectivity index (χ2v) is 7.96. The fourth-order valence-corrected chi connectivity index (χ4v) is 3.91. The van der Waals surface area contributed by atoms with Crippen molar-refractivity contribution in [2.24, 2.45) is 0 Å².